The summed E-state index contributed by atoms with van der Waals surface area (Å²) in [6, 6.07) is 0.559. The topological polar surface area (TPSA) is 29.3 Å². The minimum absolute atomic E-state index is 0.559. The van der Waals surface area contributed by atoms with Gasteiger partial charge >= 0.3 is 0 Å². The number of hydrogen-bond acceptors (Lipinski definition) is 2. The van der Waals surface area contributed by atoms with Gasteiger partial charge in [0.2, 0.25) is 0 Å². The van der Waals surface area contributed by atoms with Crippen LogP contribution in [0.1, 0.15) is 19.3 Å². The lowest BCUT2D eigenvalue weighted by atomic mass is 9.92. The van der Waals surface area contributed by atoms with Crippen LogP contribution in [0, 0.1) is 11.8 Å². The average molecular weight is 154 g/mol. The van der Waals surface area contributed by atoms with Crippen molar-refractivity contribution in [2.75, 3.05) is 20.1 Å². The maximum absolute atomic E-state index is 5.82. The van der Waals surface area contributed by atoms with Crippen molar-refractivity contribution in [3.05, 3.63) is 0 Å². The molecule has 0 bridgehead atoms. The molecule has 2 nitrogen and oxygen atoms in total. The molecule has 2 atom stereocenters. The lowest BCUT2D eigenvalue weighted by molar-refractivity contribution is 0.202. The van der Waals surface area contributed by atoms with E-state index >= 15 is 0 Å². The summed E-state index contributed by atoms with van der Waals surface area (Å²) in [6.07, 6.45) is 4.07. The lowest BCUT2D eigenvalue weighted by Gasteiger charge is -2.28. The van der Waals surface area contributed by atoms with E-state index in [0.29, 0.717) is 6.04 Å². The normalized spacial score (nSPS) is 40.9. The molecule has 2 heteroatoms. The monoisotopic (exact) mass is 154 g/mol. The maximum atomic E-state index is 5.82. The summed E-state index contributed by atoms with van der Waals surface area (Å²) < 4.78 is 0. The fraction of sp³-hybridized carbons (Fsp3) is 1.00. The predicted molar refractivity (Wildman–Crippen MR) is 46.3 cm³/mol. The van der Waals surface area contributed by atoms with Crippen LogP contribution in [0.2, 0.25) is 0 Å². The molecule has 11 heavy (non-hydrogen) atoms. The maximum Gasteiger partial charge on any atom is 0.00737 e. The minimum atomic E-state index is 0.559. The van der Waals surface area contributed by atoms with E-state index in [0.717, 1.165) is 11.8 Å². The van der Waals surface area contributed by atoms with Gasteiger partial charge in [0.25, 0.3) is 0 Å². The molecule has 0 aromatic heterocycles. The second-order valence-electron chi connectivity index (χ2n) is 4.20. The predicted octanol–water partition coefficient (Wildman–Crippen LogP) is 0.675. The summed E-state index contributed by atoms with van der Waals surface area (Å²) in [5.74, 6) is 1.85. The van der Waals surface area contributed by atoms with Crippen molar-refractivity contribution in [1.82, 2.24) is 4.90 Å². The van der Waals surface area contributed by atoms with Crippen LogP contribution >= 0.6 is 0 Å². The first kappa shape index (κ1) is 7.56. The summed E-state index contributed by atoms with van der Waals surface area (Å²) in [5.41, 5.74) is 5.82. The zero-order valence-corrected chi connectivity index (χ0v) is 7.29. The van der Waals surface area contributed by atoms with Crippen molar-refractivity contribution in [2.45, 2.75) is 25.3 Å². The Balaban J connectivity index is 1.79. The number of nitrogens with zero attached hydrogens (tertiary/aromatic N) is 1. The van der Waals surface area contributed by atoms with Crippen LogP contribution in [0.5, 0.6) is 0 Å². The molecule has 0 spiro atoms. The van der Waals surface area contributed by atoms with Gasteiger partial charge in [0, 0.05) is 6.04 Å². The molecule has 0 radical (unpaired) electrons. The van der Waals surface area contributed by atoms with Gasteiger partial charge < -0.3 is 10.6 Å². The standard InChI is InChI=1S/C9H18N2/c1-11-4-2-7(3-5-11)8-6-9(8)10/h7-9H,2-6,10H2,1H3. The molecule has 1 saturated carbocycles. The molecule has 2 fully saturated rings. The van der Waals surface area contributed by atoms with Crippen LogP contribution in [0.25, 0.3) is 0 Å². The van der Waals surface area contributed by atoms with Gasteiger partial charge in [-0.15, -0.1) is 0 Å². The molecule has 1 saturated heterocycles. The molecular formula is C9H18N2. The van der Waals surface area contributed by atoms with Crippen LogP contribution in [0.3, 0.4) is 0 Å². The van der Waals surface area contributed by atoms with Gasteiger partial charge in [-0.3, -0.25) is 0 Å². The highest BCUT2D eigenvalue weighted by molar-refractivity contribution is 4.95. The van der Waals surface area contributed by atoms with Crippen LogP contribution in [0.15, 0.2) is 0 Å². The van der Waals surface area contributed by atoms with Gasteiger partial charge in [-0.25, -0.2) is 0 Å². The van der Waals surface area contributed by atoms with Crippen LogP contribution in [-0.4, -0.2) is 31.1 Å². The zero-order chi connectivity index (χ0) is 7.84. The highest BCUT2D eigenvalue weighted by atomic mass is 15.1. The molecule has 0 aromatic rings. The molecule has 64 valence electrons. The third-order valence-electron chi connectivity index (χ3n) is 3.26. The Labute approximate surface area is 68.7 Å². The molecule has 0 amide bonds. The van der Waals surface area contributed by atoms with Crippen LogP contribution in [0.4, 0.5) is 0 Å². The number of nitrogens with two attached hydrogens (primary N) is 1. The summed E-state index contributed by atoms with van der Waals surface area (Å²) in [5, 5.41) is 0. The Morgan fingerprint density at radius 3 is 2.27 bits per heavy atom. The van der Waals surface area contributed by atoms with Crippen LogP contribution < -0.4 is 5.73 Å². The Hall–Kier alpha value is -0.0800. The van der Waals surface area contributed by atoms with Crippen molar-refractivity contribution in [3.63, 3.8) is 0 Å². The van der Waals surface area contributed by atoms with Gasteiger partial charge in [0.05, 0.1) is 0 Å². The number of rotatable bonds is 1. The first-order chi connectivity index (χ1) is 5.27. The smallest absolute Gasteiger partial charge is 0.00737 e. The van der Waals surface area contributed by atoms with Gasteiger partial charge in [0.15, 0.2) is 0 Å². The van der Waals surface area contributed by atoms with Gasteiger partial charge in [-0.2, -0.15) is 0 Å². The van der Waals surface area contributed by atoms with E-state index in [4.69, 9.17) is 5.73 Å². The summed E-state index contributed by atoms with van der Waals surface area (Å²) in [4.78, 5) is 2.42. The summed E-state index contributed by atoms with van der Waals surface area (Å²) in [6.45, 7) is 2.57. The van der Waals surface area contributed by atoms with E-state index in [1.54, 1.807) is 0 Å². The molecule has 0 aromatic carbocycles. The minimum Gasteiger partial charge on any atom is -0.327 e. The zero-order valence-electron chi connectivity index (χ0n) is 7.29. The number of piperidine rings is 1. The molecule has 2 N–H and O–H groups in total. The van der Waals surface area contributed by atoms with E-state index in [2.05, 4.69) is 11.9 Å². The highest BCUT2D eigenvalue weighted by Crippen LogP contribution is 2.40. The lowest BCUT2D eigenvalue weighted by Crippen LogP contribution is -2.31. The van der Waals surface area contributed by atoms with Gasteiger partial charge in [-0.05, 0) is 51.2 Å². The first-order valence-electron chi connectivity index (χ1n) is 4.71. The molecule has 2 rings (SSSR count). The van der Waals surface area contributed by atoms with Crippen molar-refractivity contribution < 1.29 is 0 Å². The summed E-state index contributed by atoms with van der Waals surface area (Å²) in [7, 11) is 2.21. The van der Waals surface area contributed by atoms with E-state index in [1.807, 2.05) is 0 Å². The second-order valence-corrected chi connectivity index (χ2v) is 4.20. The van der Waals surface area contributed by atoms with Crippen molar-refractivity contribution >= 4 is 0 Å². The third kappa shape index (κ3) is 1.57. The summed E-state index contributed by atoms with van der Waals surface area (Å²) >= 11 is 0. The molecule has 2 aliphatic rings. The molecule has 1 heterocycles. The average Bonchev–Trinajstić information content (AvgIpc) is 2.69. The number of hydrogen-bond donors (Lipinski definition) is 1. The van der Waals surface area contributed by atoms with E-state index in [1.165, 1.54) is 32.4 Å². The molecule has 1 aliphatic heterocycles. The fourth-order valence-electron chi connectivity index (χ4n) is 2.23. The van der Waals surface area contributed by atoms with Crippen molar-refractivity contribution in [2.24, 2.45) is 17.6 Å². The van der Waals surface area contributed by atoms with Crippen molar-refractivity contribution in [1.29, 1.82) is 0 Å². The Bertz CT molecular complexity index is 138. The van der Waals surface area contributed by atoms with Gasteiger partial charge in [-0.1, -0.05) is 0 Å². The third-order valence-corrected chi connectivity index (χ3v) is 3.26. The molecular weight excluding hydrogens is 136 g/mol. The Morgan fingerprint density at radius 1 is 1.27 bits per heavy atom. The molecule has 1 aliphatic carbocycles. The second kappa shape index (κ2) is 2.76. The largest absolute Gasteiger partial charge is 0.327 e. The van der Waals surface area contributed by atoms with Crippen LogP contribution in [-0.2, 0) is 0 Å². The first-order valence-corrected chi connectivity index (χ1v) is 4.71. The quantitative estimate of drug-likeness (QED) is 0.601. The molecule has 2 unspecified atom stereocenters. The van der Waals surface area contributed by atoms with E-state index in [9.17, 15) is 0 Å². The van der Waals surface area contributed by atoms with E-state index in [-0.39, 0.29) is 0 Å². The Kier molecular flexibility index (Phi) is 1.90. The van der Waals surface area contributed by atoms with Crippen molar-refractivity contribution in [3.8, 4) is 0 Å². The SMILES string of the molecule is CN1CCC(C2CC2N)CC1. The Morgan fingerprint density at radius 2 is 1.82 bits per heavy atom. The fourth-order valence-corrected chi connectivity index (χ4v) is 2.23. The number of likely N-dealkylation sites (tertiary alicyclic amines) is 1. The highest BCUT2D eigenvalue weighted by Gasteiger charge is 2.40. The van der Waals surface area contributed by atoms with Gasteiger partial charge in [0.1, 0.15) is 0 Å². The van der Waals surface area contributed by atoms with E-state index < -0.39 is 0 Å².